The maximum absolute atomic E-state index is 7.16. The van der Waals surface area contributed by atoms with Crippen LogP contribution in [0.3, 0.4) is 0 Å². The first-order valence-electron chi connectivity index (χ1n) is 14.5. The number of hydrogen-bond donors (Lipinski definition) is 0. The summed E-state index contributed by atoms with van der Waals surface area (Å²) in [5, 5.41) is 1.14. The highest BCUT2D eigenvalue weighted by Gasteiger charge is 2.55. The molecule has 2 saturated carbocycles. The minimum Gasteiger partial charge on any atom is -0.540 e. The van der Waals surface area contributed by atoms with Gasteiger partial charge in [-0.15, -0.1) is 0 Å². The number of aryl methyl sites for hydroxylation is 1. The minimum atomic E-state index is -2.03. The van der Waals surface area contributed by atoms with E-state index in [1.807, 2.05) is 7.11 Å². The predicted octanol–water partition coefficient (Wildman–Crippen LogP) is 9.75. The molecule has 1 aromatic carbocycles. The van der Waals surface area contributed by atoms with Gasteiger partial charge in [0.25, 0.3) is 8.32 Å². The van der Waals surface area contributed by atoms with Crippen LogP contribution < -0.4 is 9.16 Å². The zero-order valence-electron chi connectivity index (χ0n) is 23.9. The van der Waals surface area contributed by atoms with Gasteiger partial charge in [-0.25, -0.2) is 0 Å². The third-order valence-electron chi connectivity index (χ3n) is 11.0. The Morgan fingerprint density at radius 1 is 0.943 bits per heavy atom. The van der Waals surface area contributed by atoms with E-state index in [0.29, 0.717) is 28.0 Å². The number of rotatable bonds is 8. The number of ether oxygens (including phenoxy) is 1. The minimum absolute atomic E-state index is 0.524. The van der Waals surface area contributed by atoms with Gasteiger partial charge in [-0.1, -0.05) is 71.3 Å². The Hall–Kier alpha value is -0.483. The smallest absolute Gasteiger partial charge is 0.258 e. The fraction of sp³-hybridized carbons (Fsp3) is 0.806. The Labute approximate surface area is 225 Å². The van der Waals surface area contributed by atoms with Gasteiger partial charge in [-0.2, -0.15) is 0 Å². The van der Waals surface area contributed by atoms with Crippen molar-refractivity contribution in [2.75, 3.05) is 12.4 Å². The zero-order chi connectivity index (χ0) is 25.7. The molecule has 0 N–H and O–H groups in total. The molecular weight excluding hydrogens is 512 g/mol. The number of halogens is 1. The Morgan fingerprint density at radius 3 is 2.17 bits per heavy atom. The summed E-state index contributed by atoms with van der Waals surface area (Å²) in [6, 6.07) is 4.80. The van der Waals surface area contributed by atoms with E-state index in [1.165, 1.54) is 44.1 Å². The number of methoxy groups -OCH3 is 1. The van der Waals surface area contributed by atoms with Crippen LogP contribution in [0.4, 0.5) is 0 Å². The average Bonchev–Trinajstić information content (AvgIpc) is 3.17. The maximum Gasteiger partial charge on any atom is 0.258 e. The summed E-state index contributed by atoms with van der Waals surface area (Å²) >= 11 is 3.80. The summed E-state index contributed by atoms with van der Waals surface area (Å²) in [4.78, 5) is 0. The summed E-state index contributed by atoms with van der Waals surface area (Å²) < 4.78 is 13.2. The van der Waals surface area contributed by atoms with Gasteiger partial charge < -0.3 is 9.16 Å². The van der Waals surface area contributed by atoms with Crippen molar-refractivity contribution < 1.29 is 9.16 Å². The van der Waals surface area contributed by atoms with Crippen molar-refractivity contribution in [2.24, 2.45) is 29.1 Å². The van der Waals surface area contributed by atoms with Crippen LogP contribution in [-0.4, -0.2) is 20.8 Å². The van der Waals surface area contributed by atoms with Crippen molar-refractivity contribution in [3.8, 4) is 11.5 Å². The van der Waals surface area contributed by atoms with Crippen LogP contribution >= 0.6 is 15.9 Å². The summed E-state index contributed by atoms with van der Waals surface area (Å²) in [7, 11) is -0.197. The Bertz CT molecular complexity index is 874. The lowest BCUT2D eigenvalue weighted by Crippen LogP contribution is -2.50. The highest BCUT2D eigenvalue weighted by molar-refractivity contribution is 9.09. The van der Waals surface area contributed by atoms with Crippen molar-refractivity contribution in [2.45, 2.75) is 116 Å². The van der Waals surface area contributed by atoms with Crippen LogP contribution in [0.5, 0.6) is 11.5 Å². The molecule has 0 aliphatic heterocycles. The molecule has 0 radical (unpaired) electrons. The molecule has 0 aromatic heterocycles. The quantitative estimate of drug-likeness (QED) is 0.232. The fourth-order valence-corrected chi connectivity index (χ4v) is 15.1. The Morgan fingerprint density at radius 2 is 1.60 bits per heavy atom. The summed E-state index contributed by atoms with van der Waals surface area (Å²) in [6.07, 6.45) is 8.11. The highest BCUT2D eigenvalue weighted by atomic mass is 79.9. The molecule has 2 nitrogen and oxygen atoms in total. The molecule has 35 heavy (non-hydrogen) atoms. The molecule has 3 aliphatic rings. The lowest BCUT2D eigenvalue weighted by molar-refractivity contribution is 0.0149. The van der Waals surface area contributed by atoms with E-state index in [9.17, 15) is 0 Å². The van der Waals surface area contributed by atoms with Crippen molar-refractivity contribution in [1.82, 2.24) is 0 Å². The van der Waals surface area contributed by atoms with Gasteiger partial charge >= 0.3 is 0 Å². The van der Waals surface area contributed by atoms with E-state index in [0.717, 1.165) is 40.5 Å². The number of hydrogen-bond acceptors (Lipinski definition) is 2. The van der Waals surface area contributed by atoms with Crippen molar-refractivity contribution >= 4 is 24.2 Å². The average molecular weight is 564 g/mol. The molecular formula is C31H51BrO2Si. The van der Waals surface area contributed by atoms with E-state index in [4.69, 9.17) is 9.16 Å². The topological polar surface area (TPSA) is 18.5 Å². The normalized spacial score (nSPS) is 31.3. The Kier molecular flexibility index (Phi) is 8.15. The molecule has 4 rings (SSSR count). The molecule has 1 aromatic rings. The van der Waals surface area contributed by atoms with Gasteiger partial charge in [0, 0.05) is 5.33 Å². The van der Waals surface area contributed by atoms with Crippen LogP contribution in [0, 0.1) is 29.1 Å². The van der Waals surface area contributed by atoms with Crippen molar-refractivity contribution in [3.05, 3.63) is 23.3 Å². The maximum atomic E-state index is 7.16. The van der Waals surface area contributed by atoms with Crippen LogP contribution in [0.25, 0.3) is 0 Å². The first-order chi connectivity index (χ1) is 16.5. The van der Waals surface area contributed by atoms with Gasteiger partial charge in [0.1, 0.15) is 5.75 Å². The first kappa shape index (κ1) is 27.5. The lowest BCUT2D eigenvalue weighted by atomic mass is 9.53. The molecule has 0 unspecified atom stereocenters. The number of benzene rings is 1. The monoisotopic (exact) mass is 562 g/mol. The number of alkyl halides is 1. The largest absolute Gasteiger partial charge is 0.540 e. The second-order valence-electron chi connectivity index (χ2n) is 13.4. The lowest BCUT2D eigenvalue weighted by Gasteiger charge is -2.52. The van der Waals surface area contributed by atoms with Crippen LogP contribution in [-0.2, 0) is 6.42 Å². The van der Waals surface area contributed by atoms with Crippen LogP contribution in [0.15, 0.2) is 12.1 Å². The molecule has 0 spiro atoms. The molecule has 0 saturated heterocycles. The fourth-order valence-electron chi connectivity index (χ4n) is 9.44. The van der Waals surface area contributed by atoms with Crippen LogP contribution in [0.1, 0.15) is 105 Å². The summed E-state index contributed by atoms with van der Waals surface area (Å²) in [5.41, 5.74) is 5.31. The number of fused-ring (bicyclic) bond motifs is 5. The molecule has 6 atom stereocenters. The van der Waals surface area contributed by atoms with Gasteiger partial charge in [-0.05, 0) is 113 Å². The van der Waals surface area contributed by atoms with Crippen molar-refractivity contribution in [1.29, 1.82) is 0 Å². The van der Waals surface area contributed by atoms with E-state index in [2.05, 4.69) is 83.5 Å². The molecule has 4 heteroatoms. The van der Waals surface area contributed by atoms with E-state index in [1.54, 1.807) is 5.56 Å². The Balaban J connectivity index is 1.67. The molecule has 198 valence electrons. The molecule has 0 bridgehead atoms. The van der Waals surface area contributed by atoms with E-state index < -0.39 is 8.32 Å². The second-order valence-corrected chi connectivity index (χ2v) is 19.4. The van der Waals surface area contributed by atoms with E-state index in [-0.39, 0.29) is 0 Å². The van der Waals surface area contributed by atoms with Gasteiger partial charge in [0.2, 0.25) is 0 Å². The van der Waals surface area contributed by atoms with Gasteiger partial charge in [0.15, 0.2) is 5.75 Å². The standard InChI is InChI=1S/C31H51BrO2Si/c1-19(2)35(20(3)4,21(5)6)34-30-16-23-10-11-25-24(26(23)17-29(30)33-9)14-15-31(8)27(22(7)18-32)12-13-28(25)31/h16-17,19-22,24-25,27-28H,10-15,18H2,1-9H3/t22-,24+,25-,27-,28+,31-/m1/s1. The molecule has 0 amide bonds. The second kappa shape index (κ2) is 10.3. The van der Waals surface area contributed by atoms with Crippen LogP contribution in [0.2, 0.25) is 16.6 Å². The highest BCUT2D eigenvalue weighted by Crippen LogP contribution is 2.64. The van der Waals surface area contributed by atoms with Gasteiger partial charge in [0.05, 0.1) is 7.11 Å². The zero-order valence-corrected chi connectivity index (χ0v) is 26.5. The summed E-state index contributed by atoms with van der Waals surface area (Å²) in [5.74, 6) is 6.05. The first-order valence-corrected chi connectivity index (χ1v) is 17.7. The molecule has 0 heterocycles. The van der Waals surface area contributed by atoms with Gasteiger partial charge in [-0.3, -0.25) is 0 Å². The molecule has 2 fully saturated rings. The van der Waals surface area contributed by atoms with E-state index >= 15 is 0 Å². The third kappa shape index (κ3) is 4.45. The third-order valence-corrected chi connectivity index (χ3v) is 18.0. The van der Waals surface area contributed by atoms with Crippen molar-refractivity contribution in [3.63, 3.8) is 0 Å². The summed E-state index contributed by atoms with van der Waals surface area (Å²) in [6.45, 7) is 19.3. The SMILES string of the molecule is COc1cc2c(cc1O[Si](C(C)C)(C(C)C)C(C)C)CC[C@@H]1[C@@H]2CC[C@]2(C)[C@@H]([C@H](C)CBr)CC[C@@H]12. The predicted molar refractivity (Wildman–Crippen MR) is 156 cm³/mol. The molecule has 3 aliphatic carbocycles.